The molecule has 0 saturated heterocycles. The highest BCUT2D eigenvalue weighted by molar-refractivity contribution is 7.16. The Morgan fingerprint density at radius 2 is 2.00 bits per heavy atom. The van der Waals surface area contributed by atoms with Gasteiger partial charge in [0.25, 0.3) is 5.91 Å². The Balaban J connectivity index is 0.000000234. The smallest absolute Gasteiger partial charge is 0.379 e. The largest absolute Gasteiger partial charge is 0.449 e. The van der Waals surface area contributed by atoms with Crippen LogP contribution >= 0.6 is 11.3 Å². The van der Waals surface area contributed by atoms with Crippen molar-refractivity contribution in [3.63, 3.8) is 0 Å². The number of rotatable bonds is 3. The Morgan fingerprint density at radius 3 is 2.41 bits per heavy atom. The Morgan fingerprint density at radius 1 is 1.38 bits per heavy atom. The van der Waals surface area contributed by atoms with E-state index in [9.17, 15) is 22.8 Å². The maximum absolute atomic E-state index is 11.7. The molecule has 2 aromatic heterocycles. The molecule has 0 aromatic carbocycles. The standard InChI is InChI=1S/C13H20N2O2S.C5H3F3N2O/c1-12(2)6-7-8(10(14)16)11(15-5)18-9(7)13(3,4)17-12;6-5(7,8)4-9-1-3(2-11)10-4/h15H,6H2,1-5H3,(H2,14,16);1-2H,(H,9,10). The number of aromatic nitrogens is 2. The lowest BCUT2D eigenvalue weighted by molar-refractivity contribution is -0.144. The number of amides is 1. The summed E-state index contributed by atoms with van der Waals surface area (Å²) < 4.78 is 41.3. The summed E-state index contributed by atoms with van der Waals surface area (Å²) >= 11 is 1.56. The number of carbonyl (C=O) groups excluding carboxylic acids is 2. The van der Waals surface area contributed by atoms with Crippen LogP contribution in [0.2, 0.25) is 0 Å². The lowest BCUT2D eigenvalue weighted by Crippen LogP contribution is -2.42. The number of aromatic amines is 1. The molecule has 0 fully saturated rings. The van der Waals surface area contributed by atoms with Crippen molar-refractivity contribution in [3.05, 3.63) is 33.7 Å². The summed E-state index contributed by atoms with van der Waals surface area (Å²) in [7, 11) is 1.81. The maximum atomic E-state index is 11.7. The quantitative estimate of drug-likeness (QED) is 0.641. The second kappa shape index (κ2) is 7.79. The minimum atomic E-state index is -4.51. The van der Waals surface area contributed by atoms with E-state index in [4.69, 9.17) is 10.5 Å². The summed E-state index contributed by atoms with van der Waals surface area (Å²) in [4.78, 5) is 27.4. The lowest BCUT2D eigenvalue weighted by atomic mass is 9.86. The molecule has 0 spiro atoms. The molecule has 2 aromatic rings. The zero-order valence-electron chi connectivity index (χ0n) is 16.7. The molecule has 1 aliphatic rings. The first kappa shape index (κ1) is 22.9. The Kier molecular flexibility index (Phi) is 6.15. The number of carbonyl (C=O) groups is 2. The van der Waals surface area contributed by atoms with E-state index in [1.54, 1.807) is 16.3 Å². The van der Waals surface area contributed by atoms with Crippen LogP contribution < -0.4 is 11.1 Å². The normalized spacial score (nSPS) is 17.0. The molecule has 0 radical (unpaired) electrons. The summed E-state index contributed by atoms with van der Waals surface area (Å²) in [6.45, 7) is 8.15. The average molecular weight is 432 g/mol. The van der Waals surface area contributed by atoms with Gasteiger partial charge >= 0.3 is 6.18 Å². The van der Waals surface area contributed by atoms with Gasteiger partial charge in [0, 0.05) is 18.3 Å². The molecule has 1 aliphatic heterocycles. The number of nitrogens with zero attached hydrogens (tertiary/aromatic N) is 1. The zero-order valence-corrected chi connectivity index (χ0v) is 17.5. The first-order valence-corrected chi connectivity index (χ1v) is 9.44. The van der Waals surface area contributed by atoms with Crippen molar-refractivity contribution in [2.75, 3.05) is 12.4 Å². The topological polar surface area (TPSA) is 110 Å². The van der Waals surface area contributed by atoms with Gasteiger partial charge in [0.1, 0.15) is 5.00 Å². The van der Waals surface area contributed by atoms with Gasteiger partial charge in [-0.1, -0.05) is 0 Å². The monoisotopic (exact) mass is 432 g/mol. The van der Waals surface area contributed by atoms with Gasteiger partial charge in [0.05, 0.1) is 28.7 Å². The number of hydrogen-bond acceptors (Lipinski definition) is 6. The number of hydrogen-bond donors (Lipinski definition) is 3. The minimum absolute atomic E-state index is 0.183. The molecular weight excluding hydrogens is 409 g/mol. The van der Waals surface area contributed by atoms with Gasteiger partial charge in [-0.3, -0.25) is 9.59 Å². The summed E-state index contributed by atoms with van der Waals surface area (Å²) in [5, 5.41) is 3.90. The van der Waals surface area contributed by atoms with Crippen LogP contribution in [0.5, 0.6) is 0 Å². The van der Waals surface area contributed by atoms with Crippen molar-refractivity contribution >= 4 is 28.5 Å². The second-order valence-corrected chi connectivity index (χ2v) is 8.60. The van der Waals surface area contributed by atoms with Crippen molar-refractivity contribution in [1.29, 1.82) is 0 Å². The zero-order chi connectivity index (χ0) is 22.2. The molecule has 7 nitrogen and oxygen atoms in total. The van der Waals surface area contributed by atoms with E-state index in [2.05, 4.69) is 10.3 Å². The predicted molar refractivity (Wildman–Crippen MR) is 103 cm³/mol. The molecule has 29 heavy (non-hydrogen) atoms. The third-order valence-corrected chi connectivity index (χ3v) is 5.71. The number of primary amides is 1. The number of anilines is 1. The van der Waals surface area contributed by atoms with Crippen LogP contribution in [0.25, 0.3) is 0 Å². The van der Waals surface area contributed by atoms with Gasteiger partial charge in [0.2, 0.25) is 5.82 Å². The fourth-order valence-corrected chi connectivity index (χ4v) is 4.51. The predicted octanol–water partition coefficient (Wildman–Crippen LogP) is 3.72. The van der Waals surface area contributed by atoms with Crippen LogP contribution in [-0.2, 0) is 22.9 Å². The molecule has 4 N–H and O–H groups in total. The number of ether oxygens (including phenoxy) is 1. The number of halogens is 3. The van der Waals surface area contributed by atoms with Gasteiger partial charge < -0.3 is 20.8 Å². The van der Waals surface area contributed by atoms with Crippen molar-refractivity contribution in [2.45, 2.75) is 51.5 Å². The van der Waals surface area contributed by atoms with Gasteiger partial charge in [-0.05, 0) is 33.3 Å². The van der Waals surface area contributed by atoms with Crippen LogP contribution in [0.4, 0.5) is 18.2 Å². The van der Waals surface area contributed by atoms with E-state index < -0.39 is 12.0 Å². The number of aldehydes is 1. The van der Waals surface area contributed by atoms with Crippen molar-refractivity contribution in [3.8, 4) is 0 Å². The van der Waals surface area contributed by atoms with Crippen LogP contribution in [0.3, 0.4) is 0 Å². The number of fused-ring (bicyclic) bond motifs is 1. The van der Waals surface area contributed by atoms with E-state index in [0.29, 0.717) is 12.0 Å². The SMILES string of the molecule is CNc1sc2c(c1C(N)=O)CC(C)(C)OC2(C)C.O=Cc1cnc(C(F)(F)F)[nH]1. The van der Waals surface area contributed by atoms with Crippen LogP contribution in [0, 0.1) is 0 Å². The third-order valence-electron chi connectivity index (χ3n) is 4.15. The summed E-state index contributed by atoms with van der Waals surface area (Å²) in [6, 6.07) is 0. The molecule has 1 amide bonds. The summed E-state index contributed by atoms with van der Waals surface area (Å²) in [5.41, 5.74) is 6.33. The number of nitrogens with one attached hydrogen (secondary N) is 2. The Hall–Kier alpha value is -2.40. The van der Waals surface area contributed by atoms with E-state index in [-0.39, 0.29) is 29.1 Å². The molecule has 0 saturated carbocycles. The Bertz CT molecular complexity index is 916. The highest BCUT2D eigenvalue weighted by atomic mass is 32.1. The van der Waals surface area contributed by atoms with Gasteiger partial charge in [-0.2, -0.15) is 13.2 Å². The van der Waals surface area contributed by atoms with Crippen LogP contribution in [0.1, 0.15) is 64.8 Å². The van der Waals surface area contributed by atoms with Crippen molar-refractivity contribution in [2.24, 2.45) is 5.73 Å². The summed E-state index contributed by atoms with van der Waals surface area (Å²) in [6.07, 6.45) is -2.71. The highest BCUT2D eigenvalue weighted by Crippen LogP contribution is 2.47. The van der Waals surface area contributed by atoms with E-state index in [1.165, 1.54) is 0 Å². The first-order valence-electron chi connectivity index (χ1n) is 8.63. The Labute approximate surface area is 169 Å². The fraction of sp³-hybridized carbons (Fsp3) is 0.500. The number of thiophene rings is 1. The van der Waals surface area contributed by atoms with Crippen molar-refractivity contribution in [1.82, 2.24) is 9.97 Å². The van der Waals surface area contributed by atoms with Gasteiger partial charge in [0.15, 0.2) is 6.29 Å². The molecule has 11 heteroatoms. The second-order valence-electron chi connectivity index (χ2n) is 7.58. The molecule has 0 unspecified atom stereocenters. The molecule has 3 rings (SSSR count). The molecule has 160 valence electrons. The number of alkyl halides is 3. The van der Waals surface area contributed by atoms with E-state index in [0.717, 1.165) is 21.6 Å². The number of nitrogens with two attached hydrogens (primary N) is 1. The maximum Gasteiger partial charge on any atom is 0.449 e. The van der Waals surface area contributed by atoms with Gasteiger partial charge in [-0.15, -0.1) is 11.3 Å². The average Bonchev–Trinajstić information content (AvgIpc) is 3.17. The van der Waals surface area contributed by atoms with Crippen molar-refractivity contribution < 1.29 is 27.5 Å². The third kappa shape index (κ3) is 4.96. The highest BCUT2D eigenvalue weighted by Gasteiger charge is 2.42. The van der Waals surface area contributed by atoms with Crippen LogP contribution in [0.15, 0.2) is 6.20 Å². The molecule has 0 atom stereocenters. The van der Waals surface area contributed by atoms with Gasteiger partial charge in [-0.25, -0.2) is 4.98 Å². The molecule has 3 heterocycles. The number of H-pyrrole nitrogens is 1. The van der Waals surface area contributed by atoms with E-state index in [1.807, 2.05) is 34.7 Å². The molecule has 0 bridgehead atoms. The van der Waals surface area contributed by atoms with Crippen LogP contribution in [-0.4, -0.2) is 34.8 Å². The summed E-state index contributed by atoms with van der Waals surface area (Å²) in [5.74, 6) is -1.52. The molecular formula is C18H23F3N4O3S. The fourth-order valence-electron chi connectivity index (χ4n) is 3.30. The lowest BCUT2D eigenvalue weighted by Gasteiger charge is -2.41. The molecule has 0 aliphatic carbocycles. The first-order chi connectivity index (χ1) is 13.2. The van der Waals surface area contributed by atoms with E-state index >= 15 is 0 Å². The number of imidazole rings is 1. The minimum Gasteiger partial charge on any atom is -0.379 e.